The molecule has 0 aromatic heterocycles. The van der Waals surface area contributed by atoms with Crippen LogP contribution in [0.2, 0.25) is 0 Å². The van der Waals surface area contributed by atoms with E-state index in [-0.39, 0.29) is 12.0 Å². The number of benzene rings is 1. The molecule has 1 aromatic rings. The number of ether oxygens (including phenoxy) is 2. The van der Waals surface area contributed by atoms with Crippen LogP contribution in [0.3, 0.4) is 0 Å². The molecule has 0 bridgehead atoms. The summed E-state index contributed by atoms with van der Waals surface area (Å²) >= 11 is 0. The maximum atomic E-state index is 12.5. The predicted octanol–water partition coefficient (Wildman–Crippen LogP) is 3.30. The monoisotopic (exact) mass is 346 g/mol. The first-order chi connectivity index (χ1) is 12.1. The standard InChI is InChI=1S/C19H26N2O4/c1-4-6-7-12-25-18(22)16-13(3)20-19(23)21-17(16)14-8-10-15(11-9-14)24-5-2/h8-11,16-17H,3-7,12H2,1-2H3,(H2,20,21,23)/t16-,17-/m1/s1. The minimum atomic E-state index is -0.669. The van der Waals surface area contributed by atoms with E-state index in [1.165, 1.54) is 0 Å². The molecule has 6 heteroatoms. The number of nitrogens with one attached hydrogen (secondary N) is 2. The molecular formula is C19H26N2O4. The van der Waals surface area contributed by atoms with Crippen molar-refractivity contribution >= 4 is 12.0 Å². The van der Waals surface area contributed by atoms with Crippen molar-refractivity contribution in [1.29, 1.82) is 0 Å². The van der Waals surface area contributed by atoms with E-state index in [0.29, 0.717) is 18.9 Å². The lowest BCUT2D eigenvalue weighted by Gasteiger charge is -2.33. The molecule has 0 unspecified atom stereocenters. The van der Waals surface area contributed by atoms with Crippen LogP contribution in [0, 0.1) is 5.92 Å². The van der Waals surface area contributed by atoms with Gasteiger partial charge < -0.3 is 20.1 Å². The van der Waals surface area contributed by atoms with E-state index in [4.69, 9.17) is 9.47 Å². The Hall–Kier alpha value is -2.50. The van der Waals surface area contributed by atoms with Crippen LogP contribution in [0.25, 0.3) is 0 Å². The maximum absolute atomic E-state index is 12.5. The summed E-state index contributed by atoms with van der Waals surface area (Å²) in [5.41, 5.74) is 1.15. The minimum absolute atomic E-state index is 0.350. The molecule has 1 aliphatic rings. The molecule has 1 fully saturated rings. The largest absolute Gasteiger partial charge is 0.494 e. The molecule has 0 aliphatic carbocycles. The Kier molecular flexibility index (Phi) is 6.86. The highest BCUT2D eigenvalue weighted by Crippen LogP contribution is 2.31. The van der Waals surface area contributed by atoms with E-state index in [9.17, 15) is 9.59 Å². The van der Waals surface area contributed by atoms with Crippen molar-refractivity contribution in [2.45, 2.75) is 39.2 Å². The summed E-state index contributed by atoms with van der Waals surface area (Å²) in [6.07, 6.45) is 2.89. The van der Waals surface area contributed by atoms with E-state index in [2.05, 4.69) is 24.1 Å². The zero-order chi connectivity index (χ0) is 18.2. The molecule has 1 aromatic carbocycles. The lowest BCUT2D eigenvalue weighted by Crippen LogP contribution is -2.51. The van der Waals surface area contributed by atoms with Gasteiger partial charge in [-0.3, -0.25) is 4.79 Å². The van der Waals surface area contributed by atoms with Gasteiger partial charge in [0, 0.05) is 5.70 Å². The molecule has 2 amide bonds. The summed E-state index contributed by atoms with van der Waals surface area (Å²) in [7, 11) is 0. The molecule has 2 rings (SSSR count). The molecule has 136 valence electrons. The van der Waals surface area contributed by atoms with E-state index in [1.807, 2.05) is 31.2 Å². The molecule has 2 atom stereocenters. The number of hydrogen-bond acceptors (Lipinski definition) is 4. The third-order valence-corrected chi connectivity index (χ3v) is 4.07. The van der Waals surface area contributed by atoms with E-state index in [1.54, 1.807) is 0 Å². The molecule has 2 N–H and O–H groups in total. The number of amides is 2. The van der Waals surface area contributed by atoms with Crippen molar-refractivity contribution in [2.24, 2.45) is 5.92 Å². The highest BCUT2D eigenvalue weighted by atomic mass is 16.5. The second-order valence-electron chi connectivity index (χ2n) is 5.96. The molecule has 25 heavy (non-hydrogen) atoms. The van der Waals surface area contributed by atoms with Crippen molar-refractivity contribution in [3.63, 3.8) is 0 Å². The maximum Gasteiger partial charge on any atom is 0.319 e. The Morgan fingerprint density at radius 1 is 1.20 bits per heavy atom. The number of carbonyl (C=O) groups excluding carboxylic acids is 2. The molecule has 6 nitrogen and oxygen atoms in total. The Balaban J connectivity index is 2.14. The molecule has 1 saturated heterocycles. The number of unbranched alkanes of at least 4 members (excludes halogenated alkanes) is 2. The summed E-state index contributed by atoms with van der Waals surface area (Å²) < 4.78 is 10.8. The molecule has 0 saturated carbocycles. The number of rotatable bonds is 8. The van der Waals surface area contributed by atoms with Crippen LogP contribution in [-0.2, 0) is 9.53 Å². The minimum Gasteiger partial charge on any atom is -0.494 e. The zero-order valence-electron chi connectivity index (χ0n) is 14.8. The van der Waals surface area contributed by atoms with Crippen molar-refractivity contribution < 1.29 is 19.1 Å². The highest BCUT2D eigenvalue weighted by molar-refractivity contribution is 5.85. The van der Waals surface area contributed by atoms with Crippen LogP contribution < -0.4 is 15.4 Å². The SMILES string of the molecule is C=C1NC(=O)N[C@H](c2ccc(OCC)cc2)[C@@H]1C(=O)OCCCCC. The summed E-state index contributed by atoms with van der Waals surface area (Å²) in [6, 6.07) is 6.42. The van der Waals surface area contributed by atoms with E-state index >= 15 is 0 Å². The summed E-state index contributed by atoms with van der Waals surface area (Å²) in [5.74, 6) is -0.311. The Bertz CT molecular complexity index is 612. The van der Waals surface area contributed by atoms with E-state index in [0.717, 1.165) is 30.6 Å². The first kappa shape index (κ1) is 18.8. The molecule has 1 heterocycles. The van der Waals surface area contributed by atoms with Crippen molar-refractivity contribution in [1.82, 2.24) is 10.6 Å². The van der Waals surface area contributed by atoms with Crippen LogP contribution in [0.15, 0.2) is 36.5 Å². The third kappa shape index (κ3) is 4.98. The zero-order valence-corrected chi connectivity index (χ0v) is 14.8. The molecule has 0 radical (unpaired) electrons. The lowest BCUT2D eigenvalue weighted by atomic mass is 9.89. The lowest BCUT2D eigenvalue weighted by molar-refractivity contribution is -0.148. The second kappa shape index (κ2) is 9.11. The predicted molar refractivity (Wildman–Crippen MR) is 95.1 cm³/mol. The van der Waals surface area contributed by atoms with Gasteiger partial charge in [0.25, 0.3) is 0 Å². The van der Waals surface area contributed by atoms with Gasteiger partial charge in [0.05, 0.1) is 19.3 Å². The van der Waals surface area contributed by atoms with Gasteiger partial charge in [0.15, 0.2) is 0 Å². The Morgan fingerprint density at radius 2 is 1.92 bits per heavy atom. The normalized spacial score (nSPS) is 19.8. The van der Waals surface area contributed by atoms with Crippen LogP contribution >= 0.6 is 0 Å². The fourth-order valence-electron chi connectivity index (χ4n) is 2.79. The van der Waals surface area contributed by atoms with Gasteiger partial charge in [-0.15, -0.1) is 0 Å². The van der Waals surface area contributed by atoms with Gasteiger partial charge in [0.1, 0.15) is 11.7 Å². The van der Waals surface area contributed by atoms with Gasteiger partial charge in [-0.25, -0.2) is 4.79 Å². The van der Waals surface area contributed by atoms with Crippen molar-refractivity contribution in [3.05, 3.63) is 42.1 Å². The van der Waals surface area contributed by atoms with Crippen LogP contribution in [0.1, 0.15) is 44.7 Å². The average molecular weight is 346 g/mol. The second-order valence-corrected chi connectivity index (χ2v) is 5.96. The smallest absolute Gasteiger partial charge is 0.319 e. The fourth-order valence-corrected chi connectivity index (χ4v) is 2.79. The fraction of sp³-hybridized carbons (Fsp3) is 0.474. The highest BCUT2D eigenvalue weighted by Gasteiger charge is 2.38. The van der Waals surface area contributed by atoms with Crippen molar-refractivity contribution in [2.75, 3.05) is 13.2 Å². The first-order valence-corrected chi connectivity index (χ1v) is 8.72. The van der Waals surface area contributed by atoms with Crippen LogP contribution in [-0.4, -0.2) is 25.2 Å². The molecule has 0 spiro atoms. The molecular weight excluding hydrogens is 320 g/mol. The third-order valence-electron chi connectivity index (χ3n) is 4.07. The Morgan fingerprint density at radius 3 is 2.56 bits per heavy atom. The number of esters is 1. The quantitative estimate of drug-likeness (QED) is 0.559. The van der Waals surface area contributed by atoms with Gasteiger partial charge in [-0.2, -0.15) is 0 Å². The topological polar surface area (TPSA) is 76.7 Å². The first-order valence-electron chi connectivity index (χ1n) is 8.72. The van der Waals surface area contributed by atoms with Gasteiger partial charge >= 0.3 is 12.0 Å². The average Bonchev–Trinajstić information content (AvgIpc) is 2.59. The van der Waals surface area contributed by atoms with Gasteiger partial charge in [-0.05, 0) is 31.0 Å². The van der Waals surface area contributed by atoms with E-state index < -0.39 is 12.0 Å². The summed E-state index contributed by atoms with van der Waals surface area (Å²) in [6.45, 7) is 8.79. The van der Waals surface area contributed by atoms with Gasteiger partial charge in [-0.1, -0.05) is 38.5 Å². The number of urea groups is 1. The summed E-state index contributed by atoms with van der Waals surface area (Å²) in [5, 5.41) is 5.37. The van der Waals surface area contributed by atoms with Crippen molar-refractivity contribution in [3.8, 4) is 5.75 Å². The molecule has 1 aliphatic heterocycles. The summed E-state index contributed by atoms with van der Waals surface area (Å²) in [4.78, 5) is 24.4. The van der Waals surface area contributed by atoms with Gasteiger partial charge in [0.2, 0.25) is 0 Å². The number of carbonyl (C=O) groups is 2. The van der Waals surface area contributed by atoms with Crippen LogP contribution in [0.5, 0.6) is 5.75 Å². The number of hydrogen-bond donors (Lipinski definition) is 2. The van der Waals surface area contributed by atoms with Crippen LogP contribution in [0.4, 0.5) is 4.79 Å². The Labute approximate surface area is 148 Å².